The quantitative estimate of drug-likeness (QED) is 0.208. The van der Waals surface area contributed by atoms with E-state index < -0.39 is 0 Å². The van der Waals surface area contributed by atoms with E-state index in [1.54, 1.807) is 12.1 Å². The van der Waals surface area contributed by atoms with Gasteiger partial charge in [0.15, 0.2) is 5.69 Å². The largest absolute Gasteiger partial charge is 0.309 e. The number of hydrogen-bond donors (Lipinski definition) is 0. The van der Waals surface area contributed by atoms with Crippen molar-refractivity contribution in [3.8, 4) is 28.6 Å². The molecule has 0 atom stereocenters. The second-order valence-electron chi connectivity index (χ2n) is 10.4. The molecule has 0 spiro atoms. The Bertz CT molecular complexity index is 2430. The highest BCUT2D eigenvalue weighted by molar-refractivity contribution is 6.12. The van der Waals surface area contributed by atoms with Crippen LogP contribution in [0.25, 0.3) is 71.0 Å². The molecule has 42 heavy (non-hydrogen) atoms. The van der Waals surface area contributed by atoms with Gasteiger partial charge in [-0.1, -0.05) is 72.8 Å². The highest BCUT2D eigenvalue weighted by Crippen LogP contribution is 2.38. The van der Waals surface area contributed by atoms with Crippen molar-refractivity contribution in [2.24, 2.45) is 0 Å². The van der Waals surface area contributed by atoms with Gasteiger partial charge in [0.25, 0.3) is 0 Å². The third kappa shape index (κ3) is 3.47. The van der Waals surface area contributed by atoms with Crippen molar-refractivity contribution in [3.63, 3.8) is 0 Å². The summed E-state index contributed by atoms with van der Waals surface area (Å²) >= 11 is 0. The minimum atomic E-state index is 0.461. The predicted molar refractivity (Wildman–Crippen MR) is 172 cm³/mol. The van der Waals surface area contributed by atoms with Crippen molar-refractivity contribution in [1.29, 1.82) is 5.26 Å². The summed E-state index contributed by atoms with van der Waals surface area (Å²) in [4.78, 5) is 3.52. The van der Waals surface area contributed by atoms with Gasteiger partial charge < -0.3 is 9.13 Å². The Labute approximate surface area is 242 Å². The van der Waals surface area contributed by atoms with Gasteiger partial charge in [-0.2, -0.15) is 5.26 Å². The molecule has 6 aromatic carbocycles. The van der Waals surface area contributed by atoms with E-state index in [0.717, 1.165) is 44.3 Å². The number of nitrogens with zero attached hydrogens (tertiary/aromatic N) is 4. The van der Waals surface area contributed by atoms with Crippen molar-refractivity contribution in [1.82, 2.24) is 9.13 Å². The van der Waals surface area contributed by atoms with E-state index in [2.05, 4.69) is 123 Å². The van der Waals surface area contributed by atoms with Crippen LogP contribution in [-0.2, 0) is 0 Å². The lowest BCUT2D eigenvalue weighted by molar-refractivity contribution is 1.17. The molecule has 0 saturated heterocycles. The first-order valence-corrected chi connectivity index (χ1v) is 13.8. The molecule has 8 rings (SSSR count). The number of para-hydroxylation sites is 3. The third-order valence-corrected chi connectivity index (χ3v) is 8.16. The summed E-state index contributed by atoms with van der Waals surface area (Å²) in [5.41, 5.74) is 9.56. The van der Waals surface area contributed by atoms with E-state index in [0.29, 0.717) is 11.3 Å². The van der Waals surface area contributed by atoms with Crippen LogP contribution in [0.1, 0.15) is 5.56 Å². The van der Waals surface area contributed by atoms with Crippen LogP contribution >= 0.6 is 0 Å². The number of benzene rings is 6. The lowest BCUT2D eigenvalue weighted by Gasteiger charge is -2.11. The molecule has 8 aromatic rings. The molecule has 4 heteroatoms. The summed E-state index contributed by atoms with van der Waals surface area (Å²) in [6.07, 6.45) is 0. The maximum absolute atomic E-state index is 9.94. The maximum Gasteiger partial charge on any atom is 0.188 e. The van der Waals surface area contributed by atoms with Crippen LogP contribution in [0.3, 0.4) is 0 Å². The van der Waals surface area contributed by atoms with Crippen LogP contribution in [0, 0.1) is 17.9 Å². The fourth-order valence-electron chi connectivity index (χ4n) is 6.30. The standard InChI is InChI=1S/C38H22N4/c1-40-28-17-20-34(27(21-28)24-39)42-36-14-8-6-12-31(36)33-23-26(16-19-38(33)42)25-15-18-37-32(22-25)30-11-5-7-13-35(30)41(37)29-9-3-2-4-10-29/h2-23H. The zero-order chi connectivity index (χ0) is 28.2. The number of rotatable bonds is 3. The van der Waals surface area contributed by atoms with Gasteiger partial charge in [-0.25, -0.2) is 4.85 Å². The van der Waals surface area contributed by atoms with Gasteiger partial charge in [0.05, 0.1) is 46.0 Å². The van der Waals surface area contributed by atoms with Crippen LogP contribution in [0.2, 0.25) is 0 Å². The molecular formula is C38H22N4. The molecule has 194 valence electrons. The van der Waals surface area contributed by atoms with Crippen LogP contribution < -0.4 is 0 Å². The molecule has 0 unspecified atom stereocenters. The number of hydrogen-bond acceptors (Lipinski definition) is 1. The second kappa shape index (κ2) is 9.24. The molecule has 0 fully saturated rings. The smallest absolute Gasteiger partial charge is 0.188 e. The third-order valence-electron chi connectivity index (χ3n) is 8.16. The SMILES string of the molecule is [C-]#[N+]c1ccc(-n2c3ccccc3c3cc(-c4ccc5c(c4)c4ccccc4n5-c4ccccc4)ccc32)c(C#N)c1. The Morgan fingerprint density at radius 2 is 1.07 bits per heavy atom. The molecule has 0 bridgehead atoms. The van der Waals surface area contributed by atoms with Crippen LogP contribution in [0.5, 0.6) is 0 Å². The lowest BCUT2D eigenvalue weighted by Crippen LogP contribution is -1.97. The molecule has 0 amide bonds. The van der Waals surface area contributed by atoms with Crippen LogP contribution in [0.15, 0.2) is 133 Å². The van der Waals surface area contributed by atoms with Gasteiger partial charge >= 0.3 is 0 Å². The molecule has 0 aliphatic rings. The van der Waals surface area contributed by atoms with Gasteiger partial charge in [-0.3, -0.25) is 0 Å². The summed E-state index contributed by atoms with van der Waals surface area (Å²) in [6.45, 7) is 7.38. The zero-order valence-corrected chi connectivity index (χ0v) is 22.5. The number of nitriles is 1. The van der Waals surface area contributed by atoms with Crippen molar-refractivity contribution >= 4 is 49.3 Å². The molecule has 0 aliphatic carbocycles. The summed E-state index contributed by atoms with van der Waals surface area (Å²) < 4.78 is 4.47. The molecule has 0 N–H and O–H groups in total. The maximum atomic E-state index is 9.94. The van der Waals surface area contributed by atoms with E-state index in [1.165, 1.54) is 21.8 Å². The number of aromatic nitrogens is 2. The van der Waals surface area contributed by atoms with E-state index in [9.17, 15) is 5.26 Å². The van der Waals surface area contributed by atoms with E-state index in [-0.39, 0.29) is 0 Å². The molecule has 0 aliphatic heterocycles. The Morgan fingerprint density at radius 3 is 1.69 bits per heavy atom. The molecule has 2 aromatic heterocycles. The number of fused-ring (bicyclic) bond motifs is 6. The van der Waals surface area contributed by atoms with Gasteiger partial charge in [0, 0.05) is 27.2 Å². The van der Waals surface area contributed by atoms with Crippen LogP contribution in [-0.4, -0.2) is 9.13 Å². The first kappa shape index (κ1) is 23.8. The Balaban J connectivity index is 1.35. The molecule has 4 nitrogen and oxygen atoms in total. The lowest BCUT2D eigenvalue weighted by atomic mass is 10.0. The zero-order valence-electron chi connectivity index (χ0n) is 22.5. The molecular weight excluding hydrogens is 512 g/mol. The Morgan fingerprint density at radius 1 is 0.524 bits per heavy atom. The average molecular weight is 535 g/mol. The Kier molecular flexibility index (Phi) is 5.22. The van der Waals surface area contributed by atoms with Gasteiger partial charge in [0.1, 0.15) is 0 Å². The van der Waals surface area contributed by atoms with E-state index >= 15 is 0 Å². The fourth-order valence-corrected chi connectivity index (χ4v) is 6.30. The summed E-state index contributed by atoms with van der Waals surface area (Å²) in [5.74, 6) is 0. The second-order valence-corrected chi connectivity index (χ2v) is 10.4. The summed E-state index contributed by atoms with van der Waals surface area (Å²) in [5, 5.41) is 14.6. The summed E-state index contributed by atoms with van der Waals surface area (Å²) in [7, 11) is 0. The van der Waals surface area contributed by atoms with Gasteiger partial charge in [0.2, 0.25) is 0 Å². The Hall–Kier alpha value is -6.10. The van der Waals surface area contributed by atoms with E-state index in [4.69, 9.17) is 6.57 Å². The van der Waals surface area contributed by atoms with E-state index in [1.807, 2.05) is 18.2 Å². The van der Waals surface area contributed by atoms with Crippen molar-refractivity contribution < 1.29 is 0 Å². The minimum Gasteiger partial charge on any atom is -0.309 e. The first-order valence-electron chi connectivity index (χ1n) is 13.8. The van der Waals surface area contributed by atoms with Crippen LogP contribution in [0.4, 0.5) is 5.69 Å². The monoisotopic (exact) mass is 534 g/mol. The van der Waals surface area contributed by atoms with Gasteiger partial charge in [-0.15, -0.1) is 0 Å². The molecule has 0 saturated carbocycles. The fraction of sp³-hybridized carbons (Fsp3) is 0. The summed E-state index contributed by atoms with van der Waals surface area (Å²) in [6, 6.07) is 48.3. The average Bonchev–Trinajstić information content (AvgIpc) is 3.57. The first-order chi connectivity index (χ1) is 20.7. The highest BCUT2D eigenvalue weighted by atomic mass is 15.0. The van der Waals surface area contributed by atoms with Crippen molar-refractivity contribution in [3.05, 3.63) is 150 Å². The highest BCUT2D eigenvalue weighted by Gasteiger charge is 2.17. The topological polar surface area (TPSA) is 38.0 Å². The van der Waals surface area contributed by atoms with Crippen molar-refractivity contribution in [2.75, 3.05) is 0 Å². The van der Waals surface area contributed by atoms with Crippen molar-refractivity contribution in [2.45, 2.75) is 0 Å². The molecule has 0 radical (unpaired) electrons. The minimum absolute atomic E-state index is 0.461. The normalized spacial score (nSPS) is 11.3. The van der Waals surface area contributed by atoms with Gasteiger partial charge in [-0.05, 0) is 71.8 Å². The molecule has 2 heterocycles. The predicted octanol–water partition coefficient (Wildman–Crippen LogP) is 9.97.